The SMILES string of the molecule is COc1cccc(C2C(C#N)=C(N)Oc3cc(OC(=O)c4sc5cc(C)ccc5c4Cl)ccc32)c1OC. The molecule has 0 amide bonds. The van der Waals surface area contributed by atoms with Crippen molar-refractivity contribution >= 4 is 39.0 Å². The Bertz CT molecular complexity index is 1640. The number of benzene rings is 3. The molecule has 3 aromatic carbocycles. The molecule has 186 valence electrons. The van der Waals surface area contributed by atoms with Gasteiger partial charge in [0.2, 0.25) is 5.88 Å². The maximum Gasteiger partial charge on any atom is 0.355 e. The molecule has 1 aromatic heterocycles. The van der Waals surface area contributed by atoms with E-state index in [2.05, 4.69) is 6.07 Å². The zero-order chi connectivity index (χ0) is 26.3. The van der Waals surface area contributed by atoms with Gasteiger partial charge in [0.25, 0.3) is 0 Å². The van der Waals surface area contributed by atoms with Crippen LogP contribution in [0, 0.1) is 18.3 Å². The number of carbonyl (C=O) groups is 1. The van der Waals surface area contributed by atoms with Crippen LogP contribution < -0.4 is 24.7 Å². The van der Waals surface area contributed by atoms with E-state index in [1.807, 2.05) is 37.3 Å². The van der Waals surface area contributed by atoms with Crippen molar-refractivity contribution in [3.05, 3.63) is 92.6 Å². The number of halogens is 1. The Hall–Kier alpha value is -4.19. The summed E-state index contributed by atoms with van der Waals surface area (Å²) in [5.41, 5.74) is 8.80. The van der Waals surface area contributed by atoms with Crippen LogP contribution in [0.2, 0.25) is 5.02 Å². The Labute approximate surface area is 222 Å². The van der Waals surface area contributed by atoms with Crippen molar-refractivity contribution in [1.29, 1.82) is 5.26 Å². The highest BCUT2D eigenvalue weighted by atomic mass is 35.5. The molecule has 2 heterocycles. The fourth-order valence-corrected chi connectivity index (χ4v) is 5.90. The number of carbonyl (C=O) groups excluding carboxylic acids is 1. The van der Waals surface area contributed by atoms with Crippen molar-refractivity contribution in [2.24, 2.45) is 5.73 Å². The number of ether oxygens (including phenoxy) is 4. The highest BCUT2D eigenvalue weighted by Gasteiger charge is 2.34. The van der Waals surface area contributed by atoms with Crippen LogP contribution in [0.3, 0.4) is 0 Å². The van der Waals surface area contributed by atoms with Crippen molar-refractivity contribution in [3.63, 3.8) is 0 Å². The standard InChI is InChI=1S/C28H21ClN2O5S/c1-14-7-9-17-22(11-14)37-26(24(17)29)28(32)35-15-8-10-16-21(12-15)36-27(31)19(13-30)23(16)18-5-4-6-20(33-2)25(18)34-3/h4-12,23H,31H2,1-3H3. The van der Waals surface area contributed by atoms with Crippen molar-refractivity contribution < 1.29 is 23.7 Å². The Morgan fingerprint density at radius 3 is 2.65 bits per heavy atom. The van der Waals surface area contributed by atoms with E-state index in [-0.39, 0.29) is 17.2 Å². The lowest BCUT2D eigenvalue weighted by Gasteiger charge is -2.28. The van der Waals surface area contributed by atoms with Gasteiger partial charge in [0.1, 0.15) is 28.0 Å². The number of fused-ring (bicyclic) bond motifs is 2. The van der Waals surface area contributed by atoms with Crippen LogP contribution in [0.4, 0.5) is 0 Å². The van der Waals surface area contributed by atoms with Gasteiger partial charge in [0, 0.05) is 27.3 Å². The monoisotopic (exact) mass is 532 g/mol. The van der Waals surface area contributed by atoms with E-state index in [9.17, 15) is 10.1 Å². The van der Waals surface area contributed by atoms with Gasteiger partial charge in [-0.25, -0.2) is 4.79 Å². The summed E-state index contributed by atoms with van der Waals surface area (Å²) in [7, 11) is 3.07. The third kappa shape index (κ3) is 4.22. The van der Waals surface area contributed by atoms with E-state index in [1.54, 1.807) is 31.4 Å². The maximum absolute atomic E-state index is 13.0. The van der Waals surface area contributed by atoms with Crippen molar-refractivity contribution in [1.82, 2.24) is 0 Å². The molecule has 0 bridgehead atoms. The number of rotatable bonds is 5. The predicted octanol–water partition coefficient (Wildman–Crippen LogP) is 6.32. The Morgan fingerprint density at radius 1 is 1.11 bits per heavy atom. The van der Waals surface area contributed by atoms with E-state index in [4.69, 9.17) is 36.3 Å². The first-order valence-corrected chi connectivity index (χ1v) is 12.4. The van der Waals surface area contributed by atoms with Crippen LogP contribution in [0.15, 0.2) is 66.1 Å². The summed E-state index contributed by atoms with van der Waals surface area (Å²) in [5, 5.41) is 11.0. The number of esters is 1. The zero-order valence-corrected chi connectivity index (χ0v) is 21.7. The highest BCUT2D eigenvalue weighted by Crippen LogP contribution is 2.48. The number of aryl methyl sites for hydroxylation is 1. The predicted molar refractivity (Wildman–Crippen MR) is 142 cm³/mol. The summed E-state index contributed by atoms with van der Waals surface area (Å²) in [6, 6.07) is 18.3. The molecule has 0 radical (unpaired) electrons. The first kappa shape index (κ1) is 24.5. The number of allylic oxidation sites excluding steroid dienone is 1. The molecule has 1 atom stereocenters. The first-order chi connectivity index (χ1) is 17.9. The van der Waals surface area contributed by atoms with Crippen molar-refractivity contribution in [2.45, 2.75) is 12.8 Å². The second kappa shape index (κ2) is 9.69. The lowest BCUT2D eigenvalue weighted by atomic mass is 9.83. The molecule has 0 saturated heterocycles. The minimum Gasteiger partial charge on any atom is -0.493 e. The molecule has 7 nitrogen and oxygen atoms in total. The Kier molecular flexibility index (Phi) is 6.42. The average molecular weight is 533 g/mol. The molecule has 4 aromatic rings. The topological polar surface area (TPSA) is 104 Å². The molecule has 1 unspecified atom stereocenters. The van der Waals surface area contributed by atoms with Crippen LogP contribution in [0.5, 0.6) is 23.0 Å². The highest BCUT2D eigenvalue weighted by molar-refractivity contribution is 7.21. The Balaban J connectivity index is 1.53. The molecular weight excluding hydrogens is 512 g/mol. The molecule has 1 aliphatic heterocycles. The normalized spacial score (nSPS) is 14.5. The number of hydrogen-bond acceptors (Lipinski definition) is 8. The van der Waals surface area contributed by atoms with Gasteiger partial charge >= 0.3 is 5.97 Å². The summed E-state index contributed by atoms with van der Waals surface area (Å²) in [4.78, 5) is 13.3. The van der Waals surface area contributed by atoms with Gasteiger partial charge < -0.3 is 24.7 Å². The molecule has 0 fully saturated rings. The van der Waals surface area contributed by atoms with Crippen LogP contribution in [0.1, 0.15) is 32.3 Å². The van der Waals surface area contributed by atoms with Crippen LogP contribution >= 0.6 is 22.9 Å². The number of hydrogen-bond donors (Lipinski definition) is 1. The van der Waals surface area contributed by atoms with Gasteiger partial charge in [0.05, 0.1) is 25.2 Å². The largest absolute Gasteiger partial charge is 0.493 e. The fraction of sp³-hybridized carbons (Fsp3) is 0.143. The molecule has 5 rings (SSSR count). The number of thiophene rings is 1. The van der Waals surface area contributed by atoms with E-state index < -0.39 is 11.9 Å². The number of nitrogens with two attached hydrogens (primary N) is 1. The minimum absolute atomic E-state index is 0.0451. The summed E-state index contributed by atoms with van der Waals surface area (Å²) in [6.45, 7) is 1.98. The van der Waals surface area contributed by atoms with E-state index in [0.717, 1.165) is 15.6 Å². The fourth-order valence-electron chi connectivity index (χ4n) is 4.42. The van der Waals surface area contributed by atoms with Gasteiger partial charge in [-0.2, -0.15) is 5.26 Å². The van der Waals surface area contributed by atoms with Gasteiger partial charge in [-0.05, 0) is 30.7 Å². The molecule has 2 N–H and O–H groups in total. The summed E-state index contributed by atoms with van der Waals surface area (Å²) >= 11 is 7.76. The van der Waals surface area contributed by atoms with Gasteiger partial charge in [-0.15, -0.1) is 11.3 Å². The molecule has 0 aliphatic carbocycles. The molecule has 37 heavy (non-hydrogen) atoms. The van der Waals surface area contributed by atoms with E-state index in [1.165, 1.54) is 18.4 Å². The van der Waals surface area contributed by atoms with Crippen molar-refractivity contribution in [2.75, 3.05) is 14.2 Å². The van der Waals surface area contributed by atoms with Gasteiger partial charge in [0.15, 0.2) is 11.5 Å². The maximum atomic E-state index is 13.0. The third-order valence-electron chi connectivity index (χ3n) is 6.12. The van der Waals surface area contributed by atoms with E-state index in [0.29, 0.717) is 38.3 Å². The van der Waals surface area contributed by atoms with Crippen LogP contribution in [-0.4, -0.2) is 20.2 Å². The van der Waals surface area contributed by atoms with Crippen LogP contribution in [-0.2, 0) is 0 Å². The molecular formula is C28H21ClN2O5S. The molecule has 9 heteroatoms. The summed E-state index contributed by atoms with van der Waals surface area (Å²) in [6.07, 6.45) is 0. The van der Waals surface area contributed by atoms with Gasteiger partial charge in [-0.1, -0.05) is 41.9 Å². The third-order valence-corrected chi connectivity index (χ3v) is 7.75. The summed E-state index contributed by atoms with van der Waals surface area (Å²) < 4.78 is 23.4. The van der Waals surface area contributed by atoms with Crippen LogP contribution in [0.25, 0.3) is 10.1 Å². The second-order valence-corrected chi connectivity index (χ2v) is 9.77. The lowest BCUT2D eigenvalue weighted by molar-refractivity contribution is 0.0740. The lowest BCUT2D eigenvalue weighted by Crippen LogP contribution is -2.21. The second-order valence-electron chi connectivity index (χ2n) is 8.34. The molecule has 1 aliphatic rings. The number of nitriles is 1. The smallest absolute Gasteiger partial charge is 0.355 e. The number of nitrogens with zero attached hydrogens (tertiary/aromatic N) is 1. The number of para-hydroxylation sites is 1. The average Bonchev–Trinajstić information content (AvgIpc) is 3.22. The van der Waals surface area contributed by atoms with E-state index >= 15 is 0 Å². The van der Waals surface area contributed by atoms with Gasteiger partial charge in [-0.3, -0.25) is 0 Å². The minimum atomic E-state index is -0.580. The molecule has 0 spiro atoms. The van der Waals surface area contributed by atoms with Crippen molar-refractivity contribution in [3.8, 4) is 29.1 Å². The molecule has 0 saturated carbocycles. The quantitative estimate of drug-likeness (QED) is 0.237. The summed E-state index contributed by atoms with van der Waals surface area (Å²) in [5.74, 6) is 0.401. The Morgan fingerprint density at radius 2 is 1.92 bits per heavy atom. The number of methoxy groups -OCH3 is 2. The zero-order valence-electron chi connectivity index (χ0n) is 20.1. The first-order valence-electron chi connectivity index (χ1n) is 11.2.